The van der Waals surface area contributed by atoms with Crippen LogP contribution < -0.4 is 5.32 Å². The Morgan fingerprint density at radius 2 is 1.86 bits per heavy atom. The predicted octanol–water partition coefficient (Wildman–Crippen LogP) is 4.66. The number of nitrogens with one attached hydrogen (secondary N) is 1. The molecule has 2 aromatic carbocycles. The van der Waals surface area contributed by atoms with E-state index in [9.17, 15) is 0 Å². The summed E-state index contributed by atoms with van der Waals surface area (Å²) < 4.78 is 0. The highest BCUT2D eigenvalue weighted by molar-refractivity contribution is 7.99. The number of hydrogen-bond donors (Lipinski definition) is 1. The number of thioether (sulfide) groups is 1. The molecule has 0 aliphatic carbocycles. The van der Waals surface area contributed by atoms with Gasteiger partial charge in [-0.25, -0.2) is 0 Å². The lowest BCUT2D eigenvalue weighted by Crippen LogP contribution is -2.22. The van der Waals surface area contributed by atoms with Crippen LogP contribution in [-0.2, 0) is 0 Å². The highest BCUT2D eigenvalue weighted by Gasteiger charge is 2.26. The van der Waals surface area contributed by atoms with Crippen molar-refractivity contribution in [3.8, 4) is 0 Å². The van der Waals surface area contributed by atoms with Gasteiger partial charge in [0.1, 0.15) is 0 Å². The Hall–Kier alpha value is -1.25. The van der Waals surface area contributed by atoms with E-state index in [2.05, 4.69) is 66.8 Å². The lowest BCUT2D eigenvalue weighted by molar-refractivity contribution is 0.523. The zero-order valence-electron chi connectivity index (χ0n) is 12.6. The van der Waals surface area contributed by atoms with Crippen LogP contribution in [0.2, 0.25) is 0 Å². The molecule has 1 heterocycles. The molecule has 1 aliphatic rings. The van der Waals surface area contributed by atoms with Gasteiger partial charge in [0.15, 0.2) is 0 Å². The maximum absolute atomic E-state index is 3.54. The Kier molecular flexibility index (Phi) is 5.00. The quantitative estimate of drug-likeness (QED) is 0.832. The first-order valence-electron chi connectivity index (χ1n) is 7.86. The maximum atomic E-state index is 3.54. The fraction of sp³-hybridized carbons (Fsp3) is 0.368. The van der Waals surface area contributed by atoms with Crippen molar-refractivity contribution in [2.45, 2.75) is 30.1 Å². The third kappa shape index (κ3) is 3.50. The zero-order chi connectivity index (χ0) is 14.5. The van der Waals surface area contributed by atoms with Crippen molar-refractivity contribution in [1.82, 2.24) is 5.32 Å². The number of likely N-dealkylation sites (N-methyl/N-ethyl adjacent to an activating group) is 1. The van der Waals surface area contributed by atoms with Crippen LogP contribution in [0.1, 0.15) is 36.3 Å². The lowest BCUT2D eigenvalue weighted by atomic mass is 9.86. The summed E-state index contributed by atoms with van der Waals surface area (Å²) >= 11 is 2.02. The molecule has 0 amide bonds. The molecule has 1 nitrogen and oxygen atoms in total. The van der Waals surface area contributed by atoms with Gasteiger partial charge in [-0.15, -0.1) is 11.8 Å². The van der Waals surface area contributed by atoms with E-state index < -0.39 is 0 Å². The van der Waals surface area contributed by atoms with Crippen molar-refractivity contribution in [2.24, 2.45) is 0 Å². The first-order chi connectivity index (χ1) is 10.4. The molecule has 0 fully saturated rings. The number of fused-ring (bicyclic) bond motifs is 1. The zero-order valence-corrected chi connectivity index (χ0v) is 13.4. The summed E-state index contributed by atoms with van der Waals surface area (Å²) in [6.45, 7) is 4.30. The molecule has 0 saturated heterocycles. The van der Waals surface area contributed by atoms with Crippen molar-refractivity contribution >= 4 is 11.8 Å². The molecule has 2 unspecified atom stereocenters. The molecular weight excluding hydrogens is 274 g/mol. The lowest BCUT2D eigenvalue weighted by Gasteiger charge is -2.22. The largest absolute Gasteiger partial charge is 0.316 e. The van der Waals surface area contributed by atoms with E-state index in [1.165, 1.54) is 22.6 Å². The Morgan fingerprint density at radius 1 is 1.10 bits per heavy atom. The highest BCUT2D eigenvalue weighted by Crippen LogP contribution is 2.43. The third-order valence-corrected chi connectivity index (χ3v) is 5.53. The summed E-state index contributed by atoms with van der Waals surface area (Å²) in [5.74, 6) is 2.52. The summed E-state index contributed by atoms with van der Waals surface area (Å²) in [6.07, 6.45) is 1.24. The minimum atomic E-state index is 0.600. The van der Waals surface area contributed by atoms with Crippen molar-refractivity contribution in [2.75, 3.05) is 18.8 Å². The normalized spacial score (nSPS) is 18.4. The van der Waals surface area contributed by atoms with Gasteiger partial charge in [-0.3, -0.25) is 0 Å². The first kappa shape index (κ1) is 14.7. The Labute approximate surface area is 132 Å². The van der Waals surface area contributed by atoms with Gasteiger partial charge in [-0.1, -0.05) is 55.5 Å². The smallest absolute Gasteiger partial charge is 0.0107 e. The monoisotopic (exact) mass is 297 g/mol. The van der Waals surface area contributed by atoms with E-state index in [0.29, 0.717) is 11.8 Å². The molecular formula is C19H23NS. The highest BCUT2D eigenvalue weighted by atomic mass is 32.2. The molecule has 0 saturated carbocycles. The summed E-state index contributed by atoms with van der Waals surface area (Å²) in [4.78, 5) is 1.48. The molecule has 110 valence electrons. The van der Waals surface area contributed by atoms with Crippen LogP contribution in [-0.4, -0.2) is 18.8 Å². The summed E-state index contributed by atoms with van der Waals surface area (Å²) in [7, 11) is 0. The van der Waals surface area contributed by atoms with Crippen molar-refractivity contribution < 1.29 is 0 Å². The average Bonchev–Trinajstić information content (AvgIpc) is 2.95. The Morgan fingerprint density at radius 3 is 2.67 bits per heavy atom. The molecule has 2 aromatic rings. The molecule has 0 radical (unpaired) electrons. The number of benzene rings is 2. The van der Waals surface area contributed by atoms with Crippen LogP contribution in [0.25, 0.3) is 0 Å². The standard InChI is InChI=1S/C19H23NS/c1-2-20-13-16(15-8-4-3-5-9-15)12-17-14-21-19-11-7-6-10-18(17)19/h3-11,16-17,20H,2,12-14H2,1H3. The van der Waals surface area contributed by atoms with Crippen molar-refractivity contribution in [3.63, 3.8) is 0 Å². The van der Waals surface area contributed by atoms with Crippen molar-refractivity contribution in [1.29, 1.82) is 0 Å². The van der Waals surface area contributed by atoms with Crippen LogP contribution in [0.3, 0.4) is 0 Å². The maximum Gasteiger partial charge on any atom is 0.0107 e. The summed E-state index contributed by atoms with van der Waals surface area (Å²) in [5.41, 5.74) is 3.02. The second kappa shape index (κ2) is 7.15. The molecule has 3 rings (SSSR count). The van der Waals surface area contributed by atoms with Crippen LogP contribution in [0.4, 0.5) is 0 Å². The number of hydrogen-bond acceptors (Lipinski definition) is 2. The van der Waals surface area contributed by atoms with Gasteiger partial charge in [-0.2, -0.15) is 0 Å². The topological polar surface area (TPSA) is 12.0 Å². The SMILES string of the molecule is CCNCC(CC1CSc2ccccc21)c1ccccc1. The van der Waals surface area contributed by atoms with Gasteiger partial charge in [0.25, 0.3) is 0 Å². The van der Waals surface area contributed by atoms with E-state index in [4.69, 9.17) is 0 Å². The van der Waals surface area contributed by atoms with E-state index in [1.54, 1.807) is 5.56 Å². The molecule has 0 aromatic heterocycles. The minimum Gasteiger partial charge on any atom is -0.316 e. The minimum absolute atomic E-state index is 0.600. The molecule has 1 N–H and O–H groups in total. The summed E-state index contributed by atoms with van der Waals surface area (Å²) in [6, 6.07) is 19.9. The third-order valence-electron chi connectivity index (χ3n) is 4.28. The van der Waals surface area contributed by atoms with Gasteiger partial charge in [0, 0.05) is 17.2 Å². The average molecular weight is 297 g/mol. The fourth-order valence-corrected chi connectivity index (χ4v) is 4.42. The Bertz CT molecular complexity index is 567. The van der Waals surface area contributed by atoms with Crippen LogP contribution in [0.5, 0.6) is 0 Å². The van der Waals surface area contributed by atoms with Gasteiger partial charge in [0.2, 0.25) is 0 Å². The molecule has 0 bridgehead atoms. The van der Waals surface area contributed by atoms with E-state index >= 15 is 0 Å². The van der Waals surface area contributed by atoms with E-state index in [0.717, 1.165) is 13.1 Å². The molecule has 1 aliphatic heterocycles. The Balaban J connectivity index is 1.76. The van der Waals surface area contributed by atoms with Gasteiger partial charge < -0.3 is 5.32 Å². The molecule has 2 heteroatoms. The van der Waals surface area contributed by atoms with Gasteiger partial charge in [0.05, 0.1) is 0 Å². The second-order valence-corrected chi connectivity index (χ2v) is 6.76. The predicted molar refractivity (Wildman–Crippen MR) is 92.3 cm³/mol. The second-order valence-electron chi connectivity index (χ2n) is 5.70. The van der Waals surface area contributed by atoms with Crippen LogP contribution in [0, 0.1) is 0 Å². The summed E-state index contributed by atoms with van der Waals surface area (Å²) in [5, 5.41) is 3.54. The van der Waals surface area contributed by atoms with E-state index in [-0.39, 0.29) is 0 Å². The van der Waals surface area contributed by atoms with E-state index in [1.807, 2.05) is 11.8 Å². The van der Waals surface area contributed by atoms with Gasteiger partial charge in [-0.05, 0) is 42.0 Å². The molecule has 2 atom stereocenters. The van der Waals surface area contributed by atoms with Crippen LogP contribution in [0.15, 0.2) is 59.5 Å². The van der Waals surface area contributed by atoms with Crippen LogP contribution >= 0.6 is 11.8 Å². The van der Waals surface area contributed by atoms with Gasteiger partial charge >= 0.3 is 0 Å². The molecule has 21 heavy (non-hydrogen) atoms. The first-order valence-corrected chi connectivity index (χ1v) is 8.84. The molecule has 0 spiro atoms. The van der Waals surface area contributed by atoms with Crippen molar-refractivity contribution in [3.05, 3.63) is 65.7 Å². The number of rotatable bonds is 6. The fourth-order valence-electron chi connectivity index (χ4n) is 3.15.